The first-order chi connectivity index (χ1) is 41.3. The minimum absolute atomic E-state index is 0.135. The summed E-state index contributed by atoms with van der Waals surface area (Å²) in [7, 11) is 0. The van der Waals surface area contributed by atoms with E-state index < -0.39 is 49.5 Å². The lowest BCUT2D eigenvalue weighted by Gasteiger charge is -2.40. The second-order valence-electron chi connectivity index (χ2n) is 25.4. The Balaban J connectivity index is 2.08. The topological polar surface area (TPSA) is 149 Å². The van der Waals surface area contributed by atoms with Crippen molar-refractivity contribution in [1.29, 1.82) is 0 Å². The van der Waals surface area contributed by atoms with Crippen molar-refractivity contribution in [2.45, 2.75) is 397 Å². The van der Waals surface area contributed by atoms with Crippen LogP contribution in [-0.4, -0.2) is 87.5 Å². The van der Waals surface area contributed by atoms with Crippen molar-refractivity contribution < 1.29 is 39.8 Å². The maximum absolute atomic E-state index is 13.2. The molecule has 1 aliphatic heterocycles. The minimum Gasteiger partial charge on any atom is -0.394 e. The van der Waals surface area contributed by atoms with Crippen LogP contribution in [0.4, 0.5) is 0 Å². The predicted octanol–water partition coefficient (Wildman–Crippen LogP) is 20.1. The first-order valence-corrected chi connectivity index (χ1v) is 36.5. The standard InChI is InChI=1S/C75H139NO8/c1-3-5-7-9-11-13-15-17-19-21-23-25-27-29-31-32-33-34-35-36-37-38-39-41-43-45-47-49-51-53-55-57-59-61-63-65-71(79)76-68(67-83-75-74(82)73(81)72(80)70(66-77)84-75)69(78)64-62-60-58-56-54-52-50-48-46-44-42-40-30-28-26-24-22-20-18-16-14-12-10-8-6-4-2/h5,7,11,13,17,19,23,25,29,31,68-70,72-75,77-78,80-82H,3-4,6,8-10,12,14-16,18,20-22,24,26-28,30,32-67H2,1-2H3,(H,76,79)/b7-5-,13-11-,19-17-,25-23-,31-29-. The van der Waals surface area contributed by atoms with Crippen LogP contribution >= 0.6 is 0 Å². The number of hydrogen-bond donors (Lipinski definition) is 6. The Morgan fingerprint density at radius 3 is 1.10 bits per heavy atom. The van der Waals surface area contributed by atoms with E-state index in [1.807, 2.05) is 0 Å². The molecule has 0 aromatic carbocycles. The second kappa shape index (κ2) is 63.9. The molecule has 1 heterocycles. The summed E-state index contributed by atoms with van der Waals surface area (Å²) < 4.78 is 11.4. The molecule has 9 heteroatoms. The van der Waals surface area contributed by atoms with Gasteiger partial charge < -0.3 is 40.3 Å². The Labute approximate surface area is 519 Å². The smallest absolute Gasteiger partial charge is 0.220 e. The van der Waals surface area contributed by atoms with Crippen LogP contribution in [0.15, 0.2) is 60.8 Å². The second-order valence-corrected chi connectivity index (χ2v) is 25.4. The number of hydrogen-bond acceptors (Lipinski definition) is 8. The van der Waals surface area contributed by atoms with Gasteiger partial charge in [0.05, 0.1) is 25.4 Å². The zero-order valence-electron chi connectivity index (χ0n) is 55.2. The summed E-state index contributed by atoms with van der Waals surface area (Å²) in [6, 6.07) is -0.721. The zero-order chi connectivity index (χ0) is 60.7. The highest BCUT2D eigenvalue weighted by atomic mass is 16.7. The van der Waals surface area contributed by atoms with E-state index >= 15 is 0 Å². The van der Waals surface area contributed by atoms with Crippen LogP contribution < -0.4 is 5.32 Å². The van der Waals surface area contributed by atoms with E-state index in [0.717, 1.165) is 70.6 Å². The zero-order valence-corrected chi connectivity index (χ0v) is 55.2. The molecule has 1 aliphatic rings. The molecule has 1 saturated heterocycles. The van der Waals surface area contributed by atoms with Gasteiger partial charge in [0.1, 0.15) is 24.4 Å². The Bertz CT molecular complexity index is 1510. The van der Waals surface area contributed by atoms with Crippen molar-refractivity contribution in [2.24, 2.45) is 0 Å². The third-order valence-corrected chi connectivity index (χ3v) is 17.4. The summed E-state index contributed by atoms with van der Waals surface area (Å²) in [5.41, 5.74) is 0. The molecule has 0 radical (unpaired) electrons. The van der Waals surface area contributed by atoms with Gasteiger partial charge in [0, 0.05) is 6.42 Å². The number of aliphatic hydroxyl groups excluding tert-OH is 5. The number of carbonyl (C=O) groups excluding carboxylic acids is 1. The van der Waals surface area contributed by atoms with E-state index in [9.17, 15) is 30.3 Å². The monoisotopic (exact) mass is 1180 g/mol. The molecule has 0 aromatic rings. The number of carbonyl (C=O) groups is 1. The van der Waals surface area contributed by atoms with E-state index in [0.29, 0.717) is 12.8 Å². The molecule has 492 valence electrons. The lowest BCUT2D eigenvalue weighted by Crippen LogP contribution is -2.60. The fourth-order valence-electron chi connectivity index (χ4n) is 11.7. The summed E-state index contributed by atoms with van der Waals surface area (Å²) >= 11 is 0. The molecule has 7 atom stereocenters. The number of allylic oxidation sites excluding steroid dienone is 10. The van der Waals surface area contributed by atoms with Gasteiger partial charge in [-0.1, -0.05) is 351 Å². The van der Waals surface area contributed by atoms with Crippen LogP contribution in [0.5, 0.6) is 0 Å². The van der Waals surface area contributed by atoms with Gasteiger partial charge in [-0.15, -0.1) is 0 Å². The third kappa shape index (κ3) is 51.9. The third-order valence-electron chi connectivity index (χ3n) is 17.4. The molecule has 84 heavy (non-hydrogen) atoms. The number of rotatable bonds is 64. The SMILES string of the molecule is CC/C=C\C/C=C\C/C=C\C/C=C\C/C=C\CCCCCCCCCCCCCCCCCCCCCC(=O)NC(COC1OC(CO)C(O)C(O)C1O)C(O)CCCCCCCCCCCCCCCCCCCCCCCCCCCC. The highest BCUT2D eigenvalue weighted by Gasteiger charge is 2.44. The summed E-state index contributed by atoms with van der Waals surface area (Å²) in [6.45, 7) is 3.77. The lowest BCUT2D eigenvalue weighted by molar-refractivity contribution is -0.302. The molecule has 0 saturated carbocycles. The van der Waals surface area contributed by atoms with Gasteiger partial charge in [0.2, 0.25) is 5.91 Å². The fourth-order valence-corrected chi connectivity index (χ4v) is 11.7. The fraction of sp³-hybridized carbons (Fsp3) is 0.853. The van der Waals surface area contributed by atoms with Crippen molar-refractivity contribution in [3.8, 4) is 0 Å². The van der Waals surface area contributed by atoms with E-state index in [4.69, 9.17) is 9.47 Å². The number of unbranched alkanes of at least 4 members (excludes halogenated alkanes) is 44. The molecule has 0 aliphatic carbocycles. The Morgan fingerprint density at radius 1 is 0.417 bits per heavy atom. The molecule has 1 fully saturated rings. The molecule has 0 aromatic heterocycles. The van der Waals surface area contributed by atoms with Crippen LogP contribution in [0.3, 0.4) is 0 Å². The predicted molar refractivity (Wildman–Crippen MR) is 359 cm³/mol. The molecular weight excluding hydrogens is 1040 g/mol. The van der Waals surface area contributed by atoms with Crippen molar-refractivity contribution in [2.75, 3.05) is 13.2 Å². The van der Waals surface area contributed by atoms with Crippen LogP contribution in [0.25, 0.3) is 0 Å². The van der Waals surface area contributed by atoms with E-state index in [2.05, 4.69) is 79.9 Å². The molecule has 1 rings (SSSR count). The van der Waals surface area contributed by atoms with Crippen LogP contribution in [-0.2, 0) is 14.3 Å². The van der Waals surface area contributed by atoms with Gasteiger partial charge in [-0.3, -0.25) is 4.79 Å². The number of ether oxygens (including phenoxy) is 2. The quantitative estimate of drug-likeness (QED) is 0.0261. The summed E-state index contributed by atoms with van der Waals surface area (Å²) in [6.07, 6.45) is 81.5. The van der Waals surface area contributed by atoms with Gasteiger partial charge >= 0.3 is 0 Å². The highest BCUT2D eigenvalue weighted by molar-refractivity contribution is 5.76. The van der Waals surface area contributed by atoms with Gasteiger partial charge in [-0.25, -0.2) is 0 Å². The van der Waals surface area contributed by atoms with Crippen molar-refractivity contribution in [3.63, 3.8) is 0 Å². The van der Waals surface area contributed by atoms with Crippen molar-refractivity contribution in [3.05, 3.63) is 60.8 Å². The normalized spacial score (nSPS) is 18.5. The lowest BCUT2D eigenvalue weighted by atomic mass is 9.99. The van der Waals surface area contributed by atoms with E-state index in [-0.39, 0.29) is 12.5 Å². The first-order valence-electron chi connectivity index (χ1n) is 36.5. The minimum atomic E-state index is -1.55. The van der Waals surface area contributed by atoms with Crippen LogP contribution in [0, 0.1) is 0 Å². The van der Waals surface area contributed by atoms with Gasteiger partial charge in [-0.05, 0) is 57.8 Å². The van der Waals surface area contributed by atoms with E-state index in [1.165, 1.54) is 257 Å². The average Bonchev–Trinajstić information content (AvgIpc) is 3.70. The number of amides is 1. The Morgan fingerprint density at radius 2 is 0.738 bits per heavy atom. The van der Waals surface area contributed by atoms with Crippen molar-refractivity contribution >= 4 is 5.91 Å². The van der Waals surface area contributed by atoms with Gasteiger partial charge in [0.25, 0.3) is 0 Å². The molecule has 6 N–H and O–H groups in total. The molecule has 0 bridgehead atoms. The van der Waals surface area contributed by atoms with Gasteiger partial charge in [-0.2, -0.15) is 0 Å². The highest BCUT2D eigenvalue weighted by Crippen LogP contribution is 2.24. The number of nitrogens with one attached hydrogen (secondary N) is 1. The summed E-state index contributed by atoms with van der Waals surface area (Å²) in [4.78, 5) is 13.2. The molecule has 0 spiro atoms. The summed E-state index contributed by atoms with van der Waals surface area (Å²) in [5, 5.41) is 55.0. The Kier molecular flexibility index (Phi) is 60.8. The largest absolute Gasteiger partial charge is 0.394 e. The molecule has 1 amide bonds. The van der Waals surface area contributed by atoms with Crippen molar-refractivity contribution in [1.82, 2.24) is 5.32 Å². The van der Waals surface area contributed by atoms with E-state index in [1.54, 1.807) is 0 Å². The van der Waals surface area contributed by atoms with Crippen LogP contribution in [0.1, 0.15) is 354 Å². The average molecular weight is 1180 g/mol. The molecule has 7 unspecified atom stereocenters. The molecule has 9 nitrogen and oxygen atoms in total. The van der Waals surface area contributed by atoms with Gasteiger partial charge in [0.15, 0.2) is 6.29 Å². The Hall–Kier alpha value is -2.11. The van der Waals surface area contributed by atoms with Crippen LogP contribution in [0.2, 0.25) is 0 Å². The molecular formula is C75H139NO8. The first kappa shape index (κ1) is 79.9. The number of aliphatic hydroxyl groups is 5. The maximum atomic E-state index is 13.2. The summed E-state index contributed by atoms with van der Waals surface area (Å²) in [5.74, 6) is -0.138. The maximum Gasteiger partial charge on any atom is 0.220 e.